The Balaban J connectivity index is 0.00000129. The number of carbonyl (C=O) groups is 1. The van der Waals surface area contributed by atoms with Crippen molar-refractivity contribution in [3.05, 3.63) is 42.6 Å². The highest BCUT2D eigenvalue weighted by molar-refractivity contribution is 8.00. The predicted molar refractivity (Wildman–Crippen MR) is 119 cm³/mol. The molecule has 3 rings (SSSR count). The number of nitrogens with one attached hydrogen (secondary N) is 2. The maximum absolute atomic E-state index is 12.9. The lowest BCUT2D eigenvalue weighted by Gasteiger charge is -2.34. The average Bonchev–Trinajstić information content (AvgIpc) is 2.74. The Morgan fingerprint density at radius 1 is 1.09 bits per heavy atom. The van der Waals surface area contributed by atoms with Crippen LogP contribution in [-0.2, 0) is 0 Å². The van der Waals surface area contributed by atoms with Crippen LogP contribution in [0.3, 0.4) is 0 Å². The maximum atomic E-state index is 12.9. The van der Waals surface area contributed by atoms with Gasteiger partial charge in [-0.25, -0.2) is 9.78 Å². The number of nitrogens with zero attached hydrogens (tertiary/aromatic N) is 2. The maximum Gasteiger partial charge on any atom is 0.446 e. The van der Waals surface area contributed by atoms with E-state index >= 15 is 0 Å². The van der Waals surface area contributed by atoms with Crippen LogP contribution in [0.15, 0.2) is 47.5 Å². The van der Waals surface area contributed by atoms with Gasteiger partial charge in [0.15, 0.2) is 5.82 Å². The Bertz CT molecular complexity index is 917. The zero-order chi connectivity index (χ0) is 25.4. The quantitative estimate of drug-likeness (QED) is 0.342. The van der Waals surface area contributed by atoms with Gasteiger partial charge in [0.2, 0.25) is 0 Å². The minimum atomic E-state index is -4.41. The zero-order valence-electron chi connectivity index (χ0n) is 18.1. The van der Waals surface area contributed by atoms with Crippen LogP contribution in [0.5, 0.6) is 0 Å². The fourth-order valence-corrected chi connectivity index (χ4v) is 3.73. The van der Waals surface area contributed by atoms with Gasteiger partial charge in [0.05, 0.1) is 11.6 Å². The number of rotatable bonds is 4. The van der Waals surface area contributed by atoms with Crippen LogP contribution >= 0.6 is 11.8 Å². The van der Waals surface area contributed by atoms with Gasteiger partial charge < -0.3 is 20.6 Å². The van der Waals surface area contributed by atoms with Gasteiger partial charge in [-0.05, 0) is 67.9 Å². The number of pyridine rings is 1. The van der Waals surface area contributed by atoms with Gasteiger partial charge in [-0.2, -0.15) is 26.3 Å². The SMILES string of the molecule is CCO.O=C(Nc1ccc(SC(F)(F)F)cc1)Nc1cccnc1N1CCC(C(F)(F)F)CC1. The van der Waals surface area contributed by atoms with Crippen LogP contribution in [0.4, 0.5) is 48.3 Å². The molecule has 6 nitrogen and oxygen atoms in total. The molecule has 2 amide bonds. The van der Waals surface area contributed by atoms with E-state index in [0.29, 0.717) is 11.5 Å². The Morgan fingerprint density at radius 2 is 1.68 bits per heavy atom. The molecule has 0 aliphatic carbocycles. The molecular formula is C21H24F6N4O2S. The number of thioether (sulfide) groups is 1. The monoisotopic (exact) mass is 510 g/mol. The molecule has 0 saturated carbocycles. The summed E-state index contributed by atoms with van der Waals surface area (Å²) in [5.41, 5.74) is -3.81. The molecule has 34 heavy (non-hydrogen) atoms. The van der Waals surface area contributed by atoms with E-state index in [1.54, 1.807) is 24.0 Å². The van der Waals surface area contributed by atoms with Crippen LogP contribution in [0.2, 0.25) is 0 Å². The third-order valence-corrected chi connectivity index (χ3v) is 5.38. The molecule has 1 saturated heterocycles. The summed E-state index contributed by atoms with van der Waals surface area (Å²) >= 11 is -0.262. The van der Waals surface area contributed by atoms with E-state index in [-0.39, 0.29) is 54.9 Å². The fraction of sp³-hybridized carbons (Fsp3) is 0.429. The summed E-state index contributed by atoms with van der Waals surface area (Å²) < 4.78 is 75.8. The zero-order valence-corrected chi connectivity index (χ0v) is 18.9. The topological polar surface area (TPSA) is 77.5 Å². The molecule has 1 aromatic carbocycles. The lowest BCUT2D eigenvalue weighted by molar-refractivity contribution is -0.179. The van der Waals surface area contributed by atoms with E-state index in [0.717, 1.165) is 0 Å². The van der Waals surface area contributed by atoms with Crippen LogP contribution in [0.25, 0.3) is 0 Å². The molecule has 0 radical (unpaired) electrons. The summed E-state index contributed by atoms with van der Waals surface area (Å²) in [6, 6.07) is 7.61. The number of benzene rings is 1. The molecule has 1 aliphatic rings. The average molecular weight is 511 g/mol. The molecule has 0 bridgehead atoms. The molecule has 13 heteroatoms. The highest BCUT2D eigenvalue weighted by atomic mass is 32.2. The Hall–Kier alpha value is -2.67. The largest absolute Gasteiger partial charge is 0.446 e. The summed E-state index contributed by atoms with van der Waals surface area (Å²) in [5.74, 6) is -0.999. The number of piperidine rings is 1. The Morgan fingerprint density at radius 3 is 2.21 bits per heavy atom. The third-order valence-electron chi connectivity index (χ3n) is 4.64. The minimum Gasteiger partial charge on any atom is -0.397 e. The molecule has 2 aromatic rings. The first-order chi connectivity index (χ1) is 15.9. The number of urea groups is 1. The number of anilines is 3. The van der Waals surface area contributed by atoms with Gasteiger partial charge in [-0.15, -0.1) is 0 Å². The van der Waals surface area contributed by atoms with E-state index in [2.05, 4.69) is 15.6 Å². The number of amides is 2. The number of carbonyl (C=O) groups excluding carboxylic acids is 1. The summed E-state index contributed by atoms with van der Waals surface area (Å²) in [6.07, 6.45) is -2.88. The van der Waals surface area contributed by atoms with Crippen molar-refractivity contribution in [3.63, 3.8) is 0 Å². The second kappa shape index (κ2) is 12.2. The molecule has 0 atom stereocenters. The molecule has 1 aromatic heterocycles. The van der Waals surface area contributed by atoms with E-state index in [9.17, 15) is 31.1 Å². The van der Waals surface area contributed by atoms with E-state index in [1.165, 1.54) is 30.5 Å². The number of aromatic nitrogens is 1. The van der Waals surface area contributed by atoms with Crippen LogP contribution in [-0.4, -0.2) is 47.5 Å². The van der Waals surface area contributed by atoms with Crippen molar-refractivity contribution >= 4 is 35.0 Å². The van der Waals surface area contributed by atoms with Gasteiger partial charge >= 0.3 is 17.7 Å². The van der Waals surface area contributed by atoms with Gasteiger partial charge in [0.25, 0.3) is 0 Å². The Labute approximate surface area is 196 Å². The highest BCUT2D eigenvalue weighted by Gasteiger charge is 2.41. The molecule has 1 fully saturated rings. The van der Waals surface area contributed by atoms with E-state index < -0.39 is 23.6 Å². The number of alkyl halides is 6. The predicted octanol–water partition coefficient (Wildman–Crippen LogP) is 6.11. The number of aliphatic hydroxyl groups is 1. The van der Waals surface area contributed by atoms with Crippen LogP contribution < -0.4 is 15.5 Å². The normalized spacial score (nSPS) is 14.8. The van der Waals surface area contributed by atoms with E-state index in [1.807, 2.05) is 0 Å². The molecule has 188 valence electrons. The van der Waals surface area contributed by atoms with Crippen molar-refractivity contribution < 1.29 is 36.2 Å². The van der Waals surface area contributed by atoms with Gasteiger partial charge in [-0.1, -0.05) is 0 Å². The van der Waals surface area contributed by atoms with Crippen molar-refractivity contribution in [2.75, 3.05) is 35.2 Å². The van der Waals surface area contributed by atoms with Crippen molar-refractivity contribution in [2.45, 2.75) is 36.3 Å². The smallest absolute Gasteiger partial charge is 0.397 e. The van der Waals surface area contributed by atoms with Gasteiger partial charge in [-0.3, -0.25) is 0 Å². The summed E-state index contributed by atoms with van der Waals surface area (Å²) in [7, 11) is 0. The van der Waals surface area contributed by atoms with Crippen molar-refractivity contribution in [1.29, 1.82) is 0 Å². The fourth-order valence-electron chi connectivity index (χ4n) is 3.19. The van der Waals surface area contributed by atoms with E-state index in [4.69, 9.17) is 5.11 Å². The molecule has 2 heterocycles. The number of aliphatic hydroxyl groups excluding tert-OH is 1. The third kappa shape index (κ3) is 8.93. The summed E-state index contributed by atoms with van der Waals surface area (Å²) in [6.45, 7) is 2.23. The standard InChI is InChI=1S/C19H18F6N4OS.C2H6O/c20-18(21,22)12-7-10-29(11-8-12)16-15(2-1-9-26-16)28-17(30)27-13-3-5-14(6-4-13)31-19(23,24)25;1-2-3/h1-6,9,12H,7-8,10-11H2,(H2,27,28,30);3H,2H2,1H3. The summed E-state index contributed by atoms with van der Waals surface area (Å²) in [4.78, 5) is 18.2. The van der Waals surface area contributed by atoms with Crippen LogP contribution in [0.1, 0.15) is 19.8 Å². The van der Waals surface area contributed by atoms with Gasteiger partial charge in [0.1, 0.15) is 0 Å². The van der Waals surface area contributed by atoms with Crippen molar-refractivity contribution in [1.82, 2.24) is 4.98 Å². The van der Waals surface area contributed by atoms with Gasteiger partial charge in [0, 0.05) is 36.5 Å². The second-order valence-corrected chi connectivity index (χ2v) is 8.28. The number of halogens is 6. The molecule has 1 aliphatic heterocycles. The Kier molecular flexibility index (Phi) is 9.86. The molecule has 3 N–H and O–H groups in total. The lowest BCUT2D eigenvalue weighted by atomic mass is 9.96. The highest BCUT2D eigenvalue weighted by Crippen LogP contribution is 2.38. The van der Waals surface area contributed by atoms with Crippen molar-refractivity contribution in [3.8, 4) is 0 Å². The lowest BCUT2D eigenvalue weighted by Crippen LogP contribution is -2.39. The number of hydrogen-bond acceptors (Lipinski definition) is 5. The van der Waals surface area contributed by atoms with Crippen molar-refractivity contribution in [2.24, 2.45) is 5.92 Å². The minimum absolute atomic E-state index is 0.0183. The molecular weight excluding hydrogens is 486 g/mol. The molecule has 0 spiro atoms. The second-order valence-electron chi connectivity index (χ2n) is 7.15. The molecule has 0 unspecified atom stereocenters. The first-order valence-corrected chi connectivity index (χ1v) is 11.1. The first kappa shape index (κ1) is 27.6. The number of hydrogen-bond donors (Lipinski definition) is 3. The first-order valence-electron chi connectivity index (χ1n) is 10.2. The van der Waals surface area contributed by atoms with Crippen LogP contribution in [0, 0.1) is 5.92 Å². The summed E-state index contributed by atoms with van der Waals surface area (Å²) in [5, 5.41) is 12.7.